The van der Waals surface area contributed by atoms with E-state index in [-0.39, 0.29) is 17.8 Å². The average Bonchev–Trinajstić information content (AvgIpc) is 2.75. The summed E-state index contributed by atoms with van der Waals surface area (Å²) in [7, 11) is 0. The van der Waals surface area contributed by atoms with Gasteiger partial charge in [-0.15, -0.1) is 0 Å². The van der Waals surface area contributed by atoms with Gasteiger partial charge >= 0.3 is 5.97 Å². The van der Waals surface area contributed by atoms with Crippen LogP contribution in [0, 0.1) is 11.8 Å². The van der Waals surface area contributed by atoms with E-state index in [9.17, 15) is 9.59 Å². The molecule has 0 aromatic rings. The van der Waals surface area contributed by atoms with Crippen LogP contribution in [0.15, 0.2) is 0 Å². The normalized spacial score (nSPS) is 29.8. The lowest BCUT2D eigenvalue weighted by Crippen LogP contribution is -2.40. The number of rotatable bonds is 6. The zero-order chi connectivity index (χ0) is 14.5. The molecule has 2 saturated heterocycles. The Morgan fingerprint density at radius 1 is 1.30 bits per heavy atom. The van der Waals surface area contributed by atoms with Crippen LogP contribution in [0.1, 0.15) is 46.0 Å². The standard InChI is InChI=1S/C15H26N2O3/c1-3-20-15(19)10(2)9-16-14(18)8-11-6-12-4-5-13(7-11)17-12/h10-13,17H,3-9H2,1-2H3,(H,16,18). The van der Waals surface area contributed by atoms with E-state index in [1.807, 2.05) is 0 Å². The first kappa shape index (κ1) is 15.3. The first-order valence-electron chi connectivity index (χ1n) is 7.77. The van der Waals surface area contributed by atoms with Gasteiger partial charge in [0.15, 0.2) is 0 Å². The molecule has 0 spiro atoms. The number of fused-ring (bicyclic) bond motifs is 2. The third-order valence-corrected chi connectivity index (χ3v) is 4.34. The van der Waals surface area contributed by atoms with Gasteiger partial charge in [-0.25, -0.2) is 0 Å². The van der Waals surface area contributed by atoms with Crippen molar-refractivity contribution >= 4 is 11.9 Å². The first-order valence-corrected chi connectivity index (χ1v) is 7.77. The minimum absolute atomic E-state index is 0.0625. The lowest BCUT2D eigenvalue weighted by molar-refractivity contribution is -0.147. The highest BCUT2D eigenvalue weighted by molar-refractivity contribution is 5.78. The summed E-state index contributed by atoms with van der Waals surface area (Å²) in [5.74, 6) is 0.0370. The van der Waals surface area contributed by atoms with Crippen LogP contribution in [0.3, 0.4) is 0 Å². The van der Waals surface area contributed by atoms with Crippen molar-refractivity contribution < 1.29 is 14.3 Å². The fourth-order valence-electron chi connectivity index (χ4n) is 3.31. The highest BCUT2D eigenvalue weighted by atomic mass is 16.5. The molecular weight excluding hydrogens is 256 g/mol. The van der Waals surface area contributed by atoms with Crippen LogP contribution in [-0.2, 0) is 14.3 Å². The number of hydrogen-bond donors (Lipinski definition) is 2. The molecule has 0 aromatic heterocycles. The number of carbonyl (C=O) groups excluding carboxylic acids is 2. The Hall–Kier alpha value is -1.10. The van der Waals surface area contributed by atoms with Gasteiger partial charge in [-0.1, -0.05) is 6.92 Å². The fraction of sp³-hybridized carbons (Fsp3) is 0.867. The molecule has 0 radical (unpaired) electrons. The third kappa shape index (κ3) is 4.20. The van der Waals surface area contributed by atoms with Crippen LogP contribution in [0.4, 0.5) is 0 Å². The highest BCUT2D eigenvalue weighted by Crippen LogP contribution is 2.32. The lowest BCUT2D eigenvalue weighted by atomic mass is 9.89. The Morgan fingerprint density at radius 3 is 2.55 bits per heavy atom. The van der Waals surface area contributed by atoms with Gasteiger partial charge in [-0.3, -0.25) is 9.59 Å². The summed E-state index contributed by atoms with van der Waals surface area (Å²) >= 11 is 0. The zero-order valence-corrected chi connectivity index (χ0v) is 12.5. The van der Waals surface area contributed by atoms with Gasteiger partial charge in [0.1, 0.15) is 0 Å². The Kier molecular flexibility index (Phi) is 5.40. The van der Waals surface area contributed by atoms with Crippen LogP contribution in [0.5, 0.6) is 0 Å². The third-order valence-electron chi connectivity index (χ3n) is 4.34. The predicted octanol–water partition coefficient (Wildman–Crippen LogP) is 1.22. The Morgan fingerprint density at radius 2 is 1.95 bits per heavy atom. The second kappa shape index (κ2) is 7.07. The van der Waals surface area contributed by atoms with Crippen molar-refractivity contribution in [3.8, 4) is 0 Å². The summed E-state index contributed by atoms with van der Waals surface area (Å²) in [6, 6.07) is 1.23. The SMILES string of the molecule is CCOC(=O)C(C)CNC(=O)CC1CC2CCC(C1)N2. The topological polar surface area (TPSA) is 67.4 Å². The summed E-state index contributed by atoms with van der Waals surface area (Å²) in [5.41, 5.74) is 0. The van der Waals surface area contributed by atoms with Gasteiger partial charge in [0.2, 0.25) is 5.91 Å². The van der Waals surface area contributed by atoms with Crippen molar-refractivity contribution in [2.75, 3.05) is 13.2 Å². The van der Waals surface area contributed by atoms with Crippen molar-refractivity contribution in [1.82, 2.24) is 10.6 Å². The van der Waals surface area contributed by atoms with E-state index in [4.69, 9.17) is 4.74 Å². The molecule has 0 saturated carbocycles. The minimum atomic E-state index is -0.275. The van der Waals surface area contributed by atoms with Gasteiger partial charge < -0.3 is 15.4 Å². The number of esters is 1. The molecule has 2 bridgehead atoms. The van der Waals surface area contributed by atoms with Crippen molar-refractivity contribution in [3.63, 3.8) is 0 Å². The summed E-state index contributed by atoms with van der Waals surface area (Å²) in [6.07, 6.45) is 5.31. The summed E-state index contributed by atoms with van der Waals surface area (Å²) in [6.45, 7) is 4.32. The number of hydrogen-bond acceptors (Lipinski definition) is 4. The molecule has 2 aliphatic rings. The average molecular weight is 282 g/mol. The molecule has 5 nitrogen and oxygen atoms in total. The summed E-state index contributed by atoms with van der Waals surface area (Å²) in [4.78, 5) is 23.4. The van der Waals surface area contributed by atoms with E-state index >= 15 is 0 Å². The Labute approximate surface area is 120 Å². The molecule has 114 valence electrons. The number of amides is 1. The quantitative estimate of drug-likeness (QED) is 0.719. The van der Waals surface area contributed by atoms with Gasteiger partial charge in [-0.05, 0) is 38.5 Å². The van der Waals surface area contributed by atoms with E-state index in [1.54, 1.807) is 13.8 Å². The van der Waals surface area contributed by atoms with Crippen molar-refractivity contribution in [3.05, 3.63) is 0 Å². The van der Waals surface area contributed by atoms with E-state index in [0.29, 0.717) is 37.6 Å². The molecular formula is C15H26N2O3. The smallest absolute Gasteiger partial charge is 0.310 e. The molecule has 2 fully saturated rings. The Balaban J connectivity index is 1.66. The van der Waals surface area contributed by atoms with Crippen molar-refractivity contribution in [2.24, 2.45) is 11.8 Å². The molecule has 20 heavy (non-hydrogen) atoms. The number of carbonyl (C=O) groups is 2. The van der Waals surface area contributed by atoms with Gasteiger partial charge in [-0.2, -0.15) is 0 Å². The second-order valence-electron chi connectivity index (χ2n) is 6.14. The van der Waals surface area contributed by atoms with Crippen LogP contribution in [0.2, 0.25) is 0 Å². The lowest BCUT2D eigenvalue weighted by Gasteiger charge is -2.28. The zero-order valence-electron chi connectivity index (χ0n) is 12.5. The van der Waals surface area contributed by atoms with Crippen LogP contribution >= 0.6 is 0 Å². The van der Waals surface area contributed by atoms with Crippen molar-refractivity contribution in [2.45, 2.75) is 58.0 Å². The molecule has 3 unspecified atom stereocenters. The van der Waals surface area contributed by atoms with E-state index in [1.165, 1.54) is 12.8 Å². The molecule has 2 heterocycles. The van der Waals surface area contributed by atoms with Crippen molar-refractivity contribution in [1.29, 1.82) is 0 Å². The van der Waals surface area contributed by atoms with E-state index < -0.39 is 0 Å². The van der Waals surface area contributed by atoms with Gasteiger partial charge in [0.05, 0.1) is 12.5 Å². The fourth-order valence-corrected chi connectivity index (χ4v) is 3.31. The number of nitrogens with one attached hydrogen (secondary N) is 2. The van der Waals surface area contributed by atoms with Crippen LogP contribution < -0.4 is 10.6 Å². The number of ether oxygens (including phenoxy) is 1. The monoisotopic (exact) mass is 282 g/mol. The minimum Gasteiger partial charge on any atom is -0.466 e. The molecule has 2 N–H and O–H groups in total. The van der Waals surface area contributed by atoms with E-state index in [0.717, 1.165) is 12.8 Å². The summed E-state index contributed by atoms with van der Waals surface area (Å²) < 4.78 is 4.92. The predicted molar refractivity (Wildman–Crippen MR) is 76.1 cm³/mol. The molecule has 1 amide bonds. The molecule has 0 aromatic carbocycles. The highest BCUT2D eigenvalue weighted by Gasteiger charge is 2.34. The van der Waals surface area contributed by atoms with E-state index in [2.05, 4.69) is 10.6 Å². The Bertz CT molecular complexity index is 347. The number of piperidine rings is 1. The summed E-state index contributed by atoms with van der Waals surface area (Å²) in [5, 5.41) is 6.44. The molecule has 0 aliphatic carbocycles. The van der Waals surface area contributed by atoms with Gasteiger partial charge in [0.25, 0.3) is 0 Å². The largest absolute Gasteiger partial charge is 0.466 e. The molecule has 2 rings (SSSR count). The maximum atomic E-state index is 11.9. The second-order valence-corrected chi connectivity index (χ2v) is 6.14. The first-order chi connectivity index (χ1) is 9.58. The molecule has 2 aliphatic heterocycles. The maximum Gasteiger partial charge on any atom is 0.310 e. The van der Waals surface area contributed by atoms with Crippen LogP contribution in [0.25, 0.3) is 0 Å². The van der Waals surface area contributed by atoms with Crippen LogP contribution in [-0.4, -0.2) is 37.1 Å². The molecule has 3 atom stereocenters. The maximum absolute atomic E-state index is 11.9. The van der Waals surface area contributed by atoms with Gasteiger partial charge in [0, 0.05) is 25.0 Å². The molecule has 5 heteroatoms.